The predicted octanol–water partition coefficient (Wildman–Crippen LogP) is 2.62. The van der Waals surface area contributed by atoms with Crippen LogP contribution in [-0.4, -0.2) is 36.0 Å². The van der Waals surface area contributed by atoms with Gasteiger partial charge in [-0.15, -0.1) is 0 Å². The largest absolute Gasteiger partial charge is 0.483 e. The van der Waals surface area contributed by atoms with Gasteiger partial charge in [-0.25, -0.2) is 0 Å². The molecule has 1 atom stereocenters. The van der Waals surface area contributed by atoms with E-state index >= 15 is 0 Å². The Labute approximate surface area is 131 Å². The third-order valence-corrected chi connectivity index (χ3v) is 3.80. The molecular weight excluding hydrogens is 288 g/mol. The summed E-state index contributed by atoms with van der Waals surface area (Å²) in [5, 5.41) is 0.650. The molecule has 116 valence electrons. The second-order valence-electron chi connectivity index (χ2n) is 5.63. The van der Waals surface area contributed by atoms with Crippen LogP contribution in [0.5, 0.6) is 5.75 Å². The number of ether oxygens (including phenoxy) is 1. The van der Waals surface area contributed by atoms with Crippen LogP contribution < -0.4 is 10.5 Å². The van der Waals surface area contributed by atoms with E-state index in [9.17, 15) is 4.79 Å². The van der Waals surface area contributed by atoms with Crippen LogP contribution >= 0.6 is 11.6 Å². The summed E-state index contributed by atoms with van der Waals surface area (Å²) in [5.41, 5.74) is 6.79. The fourth-order valence-corrected chi connectivity index (χ4v) is 2.64. The number of carbonyl (C=O) groups is 1. The molecule has 21 heavy (non-hydrogen) atoms. The molecule has 0 aromatic heterocycles. The smallest absolute Gasteiger partial charge is 0.260 e. The molecule has 2 N–H and O–H groups in total. The summed E-state index contributed by atoms with van der Waals surface area (Å²) in [5.74, 6) is 0.735. The number of halogens is 1. The molecule has 0 heterocycles. The maximum Gasteiger partial charge on any atom is 0.260 e. The molecule has 1 aliphatic carbocycles. The van der Waals surface area contributed by atoms with Crippen molar-refractivity contribution in [2.45, 2.75) is 45.2 Å². The van der Waals surface area contributed by atoms with E-state index in [-0.39, 0.29) is 18.6 Å². The first-order valence-electron chi connectivity index (χ1n) is 7.47. The summed E-state index contributed by atoms with van der Waals surface area (Å²) < 4.78 is 5.71. The molecule has 5 heteroatoms. The Balaban J connectivity index is 2.00. The van der Waals surface area contributed by atoms with E-state index in [4.69, 9.17) is 22.1 Å². The summed E-state index contributed by atoms with van der Waals surface area (Å²) in [6.07, 6.45) is 2.89. The lowest BCUT2D eigenvalue weighted by molar-refractivity contribution is -0.133. The van der Waals surface area contributed by atoms with Crippen LogP contribution in [0, 0.1) is 0 Å². The normalized spacial score (nSPS) is 15.6. The SMILES string of the molecule is CCN(C(=O)COc1ccc(Cl)cc1CC(C)N)C1CC1. The quantitative estimate of drug-likeness (QED) is 0.842. The first kappa shape index (κ1) is 16.1. The van der Waals surface area contributed by atoms with E-state index in [1.165, 1.54) is 0 Å². The molecular formula is C16H23ClN2O2. The predicted molar refractivity (Wildman–Crippen MR) is 84.7 cm³/mol. The zero-order valence-electron chi connectivity index (χ0n) is 12.6. The number of amides is 1. The molecule has 0 saturated heterocycles. The van der Waals surface area contributed by atoms with Gasteiger partial charge in [0.25, 0.3) is 5.91 Å². The molecule has 2 rings (SSSR count). The van der Waals surface area contributed by atoms with Gasteiger partial charge in [0.15, 0.2) is 6.61 Å². The molecule has 4 nitrogen and oxygen atoms in total. The van der Waals surface area contributed by atoms with Gasteiger partial charge in [-0.05, 0) is 56.9 Å². The number of likely N-dealkylation sites (N-methyl/N-ethyl adjacent to an activating group) is 1. The highest BCUT2D eigenvalue weighted by Gasteiger charge is 2.31. The van der Waals surface area contributed by atoms with Gasteiger partial charge in [0.1, 0.15) is 5.75 Å². The zero-order valence-corrected chi connectivity index (χ0v) is 13.4. The van der Waals surface area contributed by atoms with E-state index in [2.05, 4.69) is 0 Å². The minimum absolute atomic E-state index is 0.0140. The van der Waals surface area contributed by atoms with E-state index in [0.29, 0.717) is 23.2 Å². The Morgan fingerprint density at radius 3 is 2.81 bits per heavy atom. The summed E-state index contributed by atoms with van der Waals surface area (Å²) in [6, 6.07) is 5.86. The number of nitrogens with zero attached hydrogens (tertiary/aromatic N) is 1. The van der Waals surface area contributed by atoms with Gasteiger partial charge >= 0.3 is 0 Å². The summed E-state index contributed by atoms with van der Waals surface area (Å²) in [7, 11) is 0. The molecule has 1 aliphatic rings. The Hall–Kier alpha value is -1.26. The minimum Gasteiger partial charge on any atom is -0.483 e. The number of hydrogen-bond donors (Lipinski definition) is 1. The maximum absolute atomic E-state index is 12.2. The standard InChI is InChI=1S/C16H23ClN2O2/c1-3-19(14-5-6-14)16(20)10-21-15-7-4-13(17)9-12(15)8-11(2)18/h4,7,9,11,14H,3,5-6,8,10,18H2,1-2H3. The molecule has 0 radical (unpaired) electrons. The monoisotopic (exact) mass is 310 g/mol. The van der Waals surface area contributed by atoms with E-state index < -0.39 is 0 Å². The molecule has 0 aliphatic heterocycles. The molecule has 1 fully saturated rings. The molecule has 1 aromatic carbocycles. The van der Waals surface area contributed by atoms with Crippen LogP contribution in [0.3, 0.4) is 0 Å². The van der Waals surface area contributed by atoms with Crippen molar-refractivity contribution in [1.29, 1.82) is 0 Å². The van der Waals surface area contributed by atoms with Crippen LogP contribution in [0.15, 0.2) is 18.2 Å². The average molecular weight is 311 g/mol. The first-order chi connectivity index (χ1) is 10.0. The minimum atomic E-state index is 0.0140. The highest BCUT2D eigenvalue weighted by atomic mass is 35.5. The van der Waals surface area contributed by atoms with Crippen LogP contribution in [-0.2, 0) is 11.2 Å². The highest BCUT2D eigenvalue weighted by Crippen LogP contribution is 2.27. The first-order valence-corrected chi connectivity index (χ1v) is 7.85. The summed E-state index contributed by atoms with van der Waals surface area (Å²) in [4.78, 5) is 14.1. The number of rotatable bonds is 7. The van der Waals surface area contributed by atoms with Gasteiger partial charge < -0.3 is 15.4 Å². The van der Waals surface area contributed by atoms with Crippen molar-refractivity contribution in [1.82, 2.24) is 4.90 Å². The average Bonchev–Trinajstić information content (AvgIpc) is 3.22. The fraction of sp³-hybridized carbons (Fsp3) is 0.562. The van der Waals surface area contributed by atoms with Gasteiger partial charge in [-0.1, -0.05) is 11.6 Å². The lowest BCUT2D eigenvalue weighted by Gasteiger charge is -2.21. The van der Waals surface area contributed by atoms with Crippen molar-refractivity contribution in [3.05, 3.63) is 28.8 Å². The molecule has 0 spiro atoms. The summed E-state index contributed by atoms with van der Waals surface area (Å²) >= 11 is 6.01. The van der Waals surface area contributed by atoms with Gasteiger partial charge in [0.2, 0.25) is 0 Å². The number of nitrogens with two attached hydrogens (primary N) is 1. The van der Waals surface area contributed by atoms with Gasteiger partial charge in [0, 0.05) is 23.7 Å². The fourth-order valence-electron chi connectivity index (χ4n) is 2.44. The lowest BCUT2D eigenvalue weighted by atomic mass is 10.1. The second kappa shape index (κ2) is 7.14. The van der Waals surface area contributed by atoms with E-state index in [1.807, 2.05) is 24.8 Å². The van der Waals surface area contributed by atoms with Crippen LogP contribution in [0.25, 0.3) is 0 Å². The van der Waals surface area contributed by atoms with E-state index in [1.54, 1.807) is 12.1 Å². The maximum atomic E-state index is 12.2. The number of carbonyl (C=O) groups excluding carboxylic acids is 1. The Morgan fingerprint density at radius 2 is 2.24 bits per heavy atom. The molecule has 1 aromatic rings. The van der Waals surface area contributed by atoms with Crippen molar-refractivity contribution in [2.75, 3.05) is 13.2 Å². The van der Waals surface area contributed by atoms with Gasteiger partial charge in [-0.2, -0.15) is 0 Å². The van der Waals surface area contributed by atoms with Crippen molar-refractivity contribution in [2.24, 2.45) is 5.73 Å². The number of hydrogen-bond acceptors (Lipinski definition) is 3. The Bertz CT molecular complexity index is 501. The van der Waals surface area contributed by atoms with Gasteiger partial charge in [0.05, 0.1) is 0 Å². The molecule has 1 saturated carbocycles. The number of benzene rings is 1. The Kier molecular flexibility index (Phi) is 5.48. The molecule has 0 bridgehead atoms. The van der Waals surface area contributed by atoms with Crippen LogP contribution in [0.4, 0.5) is 0 Å². The topological polar surface area (TPSA) is 55.6 Å². The zero-order chi connectivity index (χ0) is 15.4. The van der Waals surface area contributed by atoms with Crippen molar-refractivity contribution >= 4 is 17.5 Å². The van der Waals surface area contributed by atoms with Crippen molar-refractivity contribution in [3.63, 3.8) is 0 Å². The third-order valence-electron chi connectivity index (χ3n) is 3.56. The molecule has 1 amide bonds. The Morgan fingerprint density at radius 1 is 1.52 bits per heavy atom. The third kappa shape index (κ3) is 4.61. The second-order valence-corrected chi connectivity index (χ2v) is 6.07. The molecule has 1 unspecified atom stereocenters. The van der Waals surface area contributed by atoms with Crippen molar-refractivity contribution in [3.8, 4) is 5.75 Å². The van der Waals surface area contributed by atoms with Crippen molar-refractivity contribution < 1.29 is 9.53 Å². The van der Waals surface area contributed by atoms with Gasteiger partial charge in [-0.3, -0.25) is 4.79 Å². The highest BCUT2D eigenvalue weighted by molar-refractivity contribution is 6.30. The van der Waals surface area contributed by atoms with Crippen LogP contribution in [0.1, 0.15) is 32.3 Å². The summed E-state index contributed by atoms with van der Waals surface area (Å²) in [6.45, 7) is 4.74. The van der Waals surface area contributed by atoms with Crippen LogP contribution in [0.2, 0.25) is 5.02 Å². The lowest BCUT2D eigenvalue weighted by Crippen LogP contribution is -2.36. The van der Waals surface area contributed by atoms with E-state index in [0.717, 1.165) is 24.9 Å².